The van der Waals surface area contributed by atoms with Gasteiger partial charge in [-0.1, -0.05) is 5.10 Å². The lowest BCUT2D eigenvalue weighted by Crippen LogP contribution is -2.13. The number of pyridine rings is 2. The third kappa shape index (κ3) is 3.02. The van der Waals surface area contributed by atoms with Crippen molar-refractivity contribution in [3.63, 3.8) is 0 Å². The number of thiophene rings is 1. The average Bonchev–Trinajstić information content (AvgIpc) is 3.28. The van der Waals surface area contributed by atoms with Gasteiger partial charge in [-0.25, -0.2) is 0 Å². The minimum atomic E-state index is -0.292. The van der Waals surface area contributed by atoms with E-state index >= 15 is 0 Å². The summed E-state index contributed by atoms with van der Waals surface area (Å²) in [6, 6.07) is 3.87. The van der Waals surface area contributed by atoms with E-state index in [9.17, 15) is 4.79 Å². The lowest BCUT2D eigenvalue weighted by molar-refractivity contribution is 0.102. The molecule has 26 heavy (non-hydrogen) atoms. The summed E-state index contributed by atoms with van der Waals surface area (Å²) in [4.78, 5) is 21.3. The first kappa shape index (κ1) is 16.6. The average molecular weight is 383 g/mol. The predicted molar refractivity (Wildman–Crippen MR) is 102 cm³/mol. The van der Waals surface area contributed by atoms with Gasteiger partial charge in [0.05, 0.1) is 17.4 Å². The fourth-order valence-electron chi connectivity index (χ4n) is 2.56. The van der Waals surface area contributed by atoms with Gasteiger partial charge in [-0.3, -0.25) is 20.1 Å². The molecule has 4 aromatic heterocycles. The van der Waals surface area contributed by atoms with E-state index in [0.717, 1.165) is 38.2 Å². The van der Waals surface area contributed by atoms with Gasteiger partial charge in [-0.05, 0) is 41.3 Å². The summed E-state index contributed by atoms with van der Waals surface area (Å²) >= 11 is 2.76. The van der Waals surface area contributed by atoms with E-state index in [2.05, 4.69) is 25.5 Å². The Morgan fingerprint density at radius 2 is 2.12 bits per heavy atom. The minimum absolute atomic E-state index is 0.292. The van der Waals surface area contributed by atoms with Crippen molar-refractivity contribution < 1.29 is 9.53 Å². The number of nitrogens with one attached hydrogen (secondary N) is 1. The molecule has 0 unspecified atom stereocenters. The van der Waals surface area contributed by atoms with Gasteiger partial charge in [0.1, 0.15) is 0 Å². The van der Waals surface area contributed by atoms with Crippen LogP contribution in [-0.2, 0) is 0 Å². The molecule has 4 rings (SSSR count). The van der Waals surface area contributed by atoms with Crippen molar-refractivity contribution in [1.29, 1.82) is 0 Å². The van der Waals surface area contributed by atoms with Crippen molar-refractivity contribution >= 4 is 43.8 Å². The predicted octanol–water partition coefficient (Wildman–Crippen LogP) is 3.78. The second-order valence-corrected chi connectivity index (χ2v) is 7.28. The van der Waals surface area contributed by atoms with E-state index in [1.807, 2.05) is 30.6 Å². The number of anilines is 1. The molecule has 1 N–H and O–H groups in total. The molecule has 0 bridgehead atoms. The highest BCUT2D eigenvalue weighted by Gasteiger charge is 2.18. The zero-order valence-electron chi connectivity index (χ0n) is 13.9. The van der Waals surface area contributed by atoms with Crippen molar-refractivity contribution in [1.82, 2.24) is 20.2 Å². The SMILES string of the molecule is COc1nnc(NC(=O)c2cnc(C)cc2-c2csc3cnccc23)s1. The first-order chi connectivity index (χ1) is 12.7. The second kappa shape index (κ2) is 6.77. The van der Waals surface area contributed by atoms with E-state index in [0.29, 0.717) is 15.9 Å². The molecule has 0 saturated carbocycles. The van der Waals surface area contributed by atoms with Crippen molar-refractivity contribution in [2.24, 2.45) is 0 Å². The topological polar surface area (TPSA) is 89.9 Å². The Kier molecular flexibility index (Phi) is 4.31. The molecule has 4 heterocycles. The monoisotopic (exact) mass is 383 g/mol. The van der Waals surface area contributed by atoms with Crippen LogP contribution in [-0.4, -0.2) is 33.2 Å². The lowest BCUT2D eigenvalue weighted by Gasteiger charge is -2.09. The third-order valence-electron chi connectivity index (χ3n) is 3.76. The molecule has 9 heteroatoms. The number of amides is 1. The second-order valence-electron chi connectivity index (χ2n) is 5.42. The third-order valence-corrected chi connectivity index (χ3v) is 5.49. The number of carbonyl (C=O) groups is 1. The van der Waals surface area contributed by atoms with Crippen LogP contribution in [0, 0.1) is 6.92 Å². The maximum Gasteiger partial charge on any atom is 0.295 e. The molecule has 0 fully saturated rings. The van der Waals surface area contributed by atoms with Crippen LogP contribution in [0.4, 0.5) is 5.13 Å². The standard InChI is InChI=1S/C17H13N5O2S2/c1-9-5-11(13-8-25-14-7-18-4-3-10(13)14)12(6-19-9)15(23)20-16-21-22-17(24-2)26-16/h3-8H,1-2H3,(H,20,21,23). The Morgan fingerprint density at radius 3 is 2.92 bits per heavy atom. The van der Waals surface area contributed by atoms with Gasteiger partial charge in [0, 0.05) is 35.2 Å². The first-order valence-corrected chi connectivity index (χ1v) is 9.32. The van der Waals surface area contributed by atoms with Gasteiger partial charge in [0.15, 0.2) is 0 Å². The molecule has 7 nitrogen and oxygen atoms in total. The summed E-state index contributed by atoms with van der Waals surface area (Å²) in [6.45, 7) is 1.90. The van der Waals surface area contributed by atoms with Crippen molar-refractivity contribution in [3.8, 4) is 16.3 Å². The van der Waals surface area contributed by atoms with Crippen LogP contribution < -0.4 is 10.1 Å². The Hall–Kier alpha value is -2.91. The fraction of sp³-hybridized carbons (Fsp3) is 0.118. The molecular formula is C17H13N5O2S2. The van der Waals surface area contributed by atoms with Gasteiger partial charge in [0.2, 0.25) is 5.13 Å². The fourth-order valence-corrected chi connectivity index (χ4v) is 4.04. The minimum Gasteiger partial charge on any atom is -0.472 e. The molecule has 0 spiro atoms. The number of aromatic nitrogens is 4. The van der Waals surface area contributed by atoms with Crippen LogP contribution in [0.2, 0.25) is 0 Å². The number of ether oxygens (including phenoxy) is 1. The van der Waals surface area contributed by atoms with E-state index in [1.54, 1.807) is 23.7 Å². The number of hydrogen-bond donors (Lipinski definition) is 1. The number of rotatable bonds is 4. The van der Waals surface area contributed by atoms with Crippen LogP contribution >= 0.6 is 22.7 Å². The Balaban J connectivity index is 1.76. The molecule has 0 aliphatic carbocycles. The zero-order valence-corrected chi connectivity index (χ0v) is 15.5. The molecule has 130 valence electrons. The molecule has 0 saturated heterocycles. The highest BCUT2D eigenvalue weighted by Crippen LogP contribution is 2.35. The van der Waals surface area contributed by atoms with Gasteiger partial charge < -0.3 is 4.74 Å². The van der Waals surface area contributed by atoms with Crippen molar-refractivity contribution in [2.45, 2.75) is 6.92 Å². The number of carbonyl (C=O) groups excluding carboxylic acids is 1. The molecule has 1 amide bonds. The summed E-state index contributed by atoms with van der Waals surface area (Å²) in [7, 11) is 1.50. The molecule has 0 aliphatic rings. The molecule has 0 atom stereocenters. The summed E-state index contributed by atoms with van der Waals surface area (Å²) in [5, 5.41) is 14.3. The van der Waals surface area contributed by atoms with E-state index in [4.69, 9.17) is 4.74 Å². The quantitative estimate of drug-likeness (QED) is 0.577. The summed E-state index contributed by atoms with van der Waals surface area (Å²) < 4.78 is 6.07. The number of fused-ring (bicyclic) bond motifs is 1. The molecule has 0 radical (unpaired) electrons. The normalized spacial score (nSPS) is 10.8. The summed E-state index contributed by atoms with van der Waals surface area (Å²) in [5.41, 5.74) is 3.12. The maximum atomic E-state index is 12.8. The van der Waals surface area contributed by atoms with Gasteiger partial charge in [-0.2, -0.15) is 0 Å². The maximum absolute atomic E-state index is 12.8. The van der Waals surface area contributed by atoms with Gasteiger partial charge in [-0.15, -0.1) is 16.4 Å². The van der Waals surface area contributed by atoms with Gasteiger partial charge >= 0.3 is 0 Å². The summed E-state index contributed by atoms with van der Waals surface area (Å²) in [6.07, 6.45) is 5.16. The highest BCUT2D eigenvalue weighted by molar-refractivity contribution is 7.17. The number of nitrogens with zero attached hydrogens (tertiary/aromatic N) is 4. The number of aryl methyl sites for hydroxylation is 1. The largest absolute Gasteiger partial charge is 0.472 e. The molecular weight excluding hydrogens is 370 g/mol. The number of methoxy groups -OCH3 is 1. The van der Waals surface area contributed by atoms with E-state index in [-0.39, 0.29) is 5.91 Å². The smallest absolute Gasteiger partial charge is 0.295 e. The van der Waals surface area contributed by atoms with Crippen LogP contribution in [0.1, 0.15) is 16.1 Å². The Bertz CT molecular complexity index is 1110. The summed E-state index contributed by atoms with van der Waals surface area (Å²) in [5.74, 6) is -0.292. The highest BCUT2D eigenvalue weighted by atomic mass is 32.1. The lowest BCUT2D eigenvalue weighted by atomic mass is 10.00. The van der Waals surface area contributed by atoms with Crippen molar-refractivity contribution in [3.05, 3.63) is 47.4 Å². The molecule has 4 aromatic rings. The van der Waals surface area contributed by atoms with Crippen LogP contribution in [0.5, 0.6) is 5.19 Å². The first-order valence-electron chi connectivity index (χ1n) is 7.63. The van der Waals surface area contributed by atoms with Crippen LogP contribution in [0.25, 0.3) is 21.2 Å². The molecule has 0 aromatic carbocycles. The van der Waals surface area contributed by atoms with Crippen molar-refractivity contribution in [2.75, 3.05) is 12.4 Å². The van der Waals surface area contributed by atoms with E-state index < -0.39 is 0 Å². The zero-order chi connectivity index (χ0) is 18.1. The van der Waals surface area contributed by atoms with Crippen LogP contribution in [0.15, 0.2) is 36.1 Å². The molecule has 0 aliphatic heterocycles. The van der Waals surface area contributed by atoms with E-state index in [1.165, 1.54) is 7.11 Å². The Morgan fingerprint density at radius 1 is 1.23 bits per heavy atom. The Labute approximate surface area is 156 Å². The van der Waals surface area contributed by atoms with Crippen LogP contribution in [0.3, 0.4) is 0 Å². The number of hydrogen-bond acceptors (Lipinski definition) is 8. The van der Waals surface area contributed by atoms with Gasteiger partial charge in [0.25, 0.3) is 11.1 Å².